The van der Waals surface area contributed by atoms with Crippen molar-refractivity contribution in [2.45, 2.75) is 31.7 Å². The van der Waals surface area contributed by atoms with Crippen molar-refractivity contribution in [3.05, 3.63) is 30.3 Å². The average molecular weight is 401 g/mol. The van der Waals surface area contributed by atoms with Gasteiger partial charge in [-0.25, -0.2) is 24.1 Å². The molecule has 1 saturated carbocycles. The Bertz CT molecular complexity index is 933. The number of nitrogens with zero attached hydrogens (tertiary/aromatic N) is 4. The first-order chi connectivity index (χ1) is 14.0. The van der Waals surface area contributed by atoms with Gasteiger partial charge in [-0.3, -0.25) is 9.69 Å². The van der Waals surface area contributed by atoms with Gasteiger partial charge in [-0.15, -0.1) is 0 Å². The van der Waals surface area contributed by atoms with E-state index in [1.807, 2.05) is 0 Å². The molecule has 1 amide bonds. The molecule has 2 aromatic heterocycles. The first-order valence-corrected chi connectivity index (χ1v) is 9.44. The molecule has 29 heavy (non-hydrogen) atoms. The zero-order valence-electron chi connectivity index (χ0n) is 15.5. The van der Waals surface area contributed by atoms with Crippen molar-refractivity contribution < 1.29 is 23.8 Å². The number of carbonyl (C=O) groups is 2. The standard InChI is InChI=1S/C19H20FN5O4/c20-14-10-22-18(23-13-3-1-11(2-4-13)17(26)27)24-16(14)12-5-6-21-15(9-12)25-7-8-29-19(25)28/h5-6,9-11,13H,1-4,7-8H2,(H,26,27)(H,22,23,24). The molecular formula is C19H20FN5O4. The van der Waals surface area contributed by atoms with Gasteiger partial charge in [0.1, 0.15) is 18.1 Å². The zero-order valence-corrected chi connectivity index (χ0v) is 15.5. The lowest BCUT2D eigenvalue weighted by Gasteiger charge is -2.26. The van der Waals surface area contributed by atoms with E-state index < -0.39 is 17.9 Å². The minimum Gasteiger partial charge on any atom is -0.481 e. The first-order valence-electron chi connectivity index (χ1n) is 9.44. The van der Waals surface area contributed by atoms with Crippen LogP contribution in [0.2, 0.25) is 0 Å². The van der Waals surface area contributed by atoms with Crippen LogP contribution in [0.15, 0.2) is 24.5 Å². The number of nitrogens with one attached hydrogen (secondary N) is 1. The van der Waals surface area contributed by atoms with Crippen LogP contribution in [-0.4, -0.2) is 51.3 Å². The lowest BCUT2D eigenvalue weighted by molar-refractivity contribution is -0.142. The highest BCUT2D eigenvalue weighted by molar-refractivity contribution is 5.88. The smallest absolute Gasteiger partial charge is 0.415 e. The Hall–Kier alpha value is -3.30. The molecule has 0 bridgehead atoms. The molecule has 2 aromatic rings. The maximum Gasteiger partial charge on any atom is 0.415 e. The fraction of sp³-hybridized carbons (Fsp3) is 0.421. The molecule has 2 aliphatic rings. The molecule has 2 fully saturated rings. The summed E-state index contributed by atoms with van der Waals surface area (Å²) in [5.74, 6) is -1.03. The van der Waals surface area contributed by atoms with Gasteiger partial charge >= 0.3 is 12.1 Å². The molecule has 0 aromatic carbocycles. The second-order valence-electron chi connectivity index (χ2n) is 7.09. The summed E-state index contributed by atoms with van der Waals surface area (Å²) in [4.78, 5) is 36.7. The van der Waals surface area contributed by atoms with Gasteiger partial charge in [0.2, 0.25) is 5.95 Å². The highest BCUT2D eigenvalue weighted by Gasteiger charge is 2.27. The van der Waals surface area contributed by atoms with E-state index in [2.05, 4.69) is 20.3 Å². The molecular weight excluding hydrogens is 381 g/mol. The second kappa shape index (κ2) is 7.98. The molecule has 9 nitrogen and oxygen atoms in total. The molecule has 1 aliphatic heterocycles. The molecule has 0 atom stereocenters. The van der Waals surface area contributed by atoms with E-state index in [1.165, 1.54) is 11.1 Å². The van der Waals surface area contributed by atoms with Crippen LogP contribution >= 0.6 is 0 Å². The van der Waals surface area contributed by atoms with Gasteiger partial charge in [-0.2, -0.15) is 0 Å². The summed E-state index contributed by atoms with van der Waals surface area (Å²) in [6.45, 7) is 0.665. The molecule has 10 heteroatoms. The van der Waals surface area contributed by atoms with Gasteiger partial charge in [0.15, 0.2) is 5.82 Å². The number of aliphatic carboxylic acids is 1. The number of ether oxygens (including phenoxy) is 1. The van der Waals surface area contributed by atoms with Crippen LogP contribution in [0.25, 0.3) is 11.3 Å². The van der Waals surface area contributed by atoms with Gasteiger partial charge in [-0.1, -0.05) is 0 Å². The summed E-state index contributed by atoms with van der Waals surface area (Å²) in [7, 11) is 0. The Morgan fingerprint density at radius 3 is 2.76 bits per heavy atom. The molecule has 152 valence electrons. The fourth-order valence-electron chi connectivity index (χ4n) is 3.62. The van der Waals surface area contributed by atoms with Crippen LogP contribution < -0.4 is 10.2 Å². The first kappa shape index (κ1) is 19.0. The number of carboxylic acid groups (broad SMARTS) is 1. The van der Waals surface area contributed by atoms with Crippen molar-refractivity contribution in [2.75, 3.05) is 23.4 Å². The van der Waals surface area contributed by atoms with E-state index in [1.54, 1.807) is 12.1 Å². The van der Waals surface area contributed by atoms with Crippen LogP contribution in [0.4, 0.5) is 21.0 Å². The highest BCUT2D eigenvalue weighted by Crippen LogP contribution is 2.28. The van der Waals surface area contributed by atoms with Gasteiger partial charge in [0, 0.05) is 17.8 Å². The Labute approximate surface area is 165 Å². The maximum atomic E-state index is 14.4. The Kier molecular flexibility index (Phi) is 5.24. The summed E-state index contributed by atoms with van der Waals surface area (Å²) >= 11 is 0. The van der Waals surface area contributed by atoms with Gasteiger partial charge in [0.25, 0.3) is 0 Å². The topological polar surface area (TPSA) is 118 Å². The summed E-state index contributed by atoms with van der Waals surface area (Å²) in [6.07, 6.45) is 4.63. The number of anilines is 2. The summed E-state index contributed by atoms with van der Waals surface area (Å²) < 4.78 is 19.3. The number of pyridine rings is 1. The van der Waals surface area contributed by atoms with Crippen LogP contribution in [0.1, 0.15) is 25.7 Å². The Morgan fingerprint density at radius 1 is 1.28 bits per heavy atom. The van der Waals surface area contributed by atoms with Crippen LogP contribution in [0, 0.1) is 11.7 Å². The lowest BCUT2D eigenvalue weighted by atomic mass is 9.86. The number of hydrogen-bond acceptors (Lipinski definition) is 7. The minimum atomic E-state index is -0.765. The van der Waals surface area contributed by atoms with E-state index in [-0.39, 0.29) is 30.2 Å². The molecule has 0 spiro atoms. The number of cyclic esters (lactones) is 1. The van der Waals surface area contributed by atoms with E-state index in [4.69, 9.17) is 9.84 Å². The van der Waals surface area contributed by atoms with Crippen LogP contribution in [0.5, 0.6) is 0 Å². The largest absolute Gasteiger partial charge is 0.481 e. The van der Waals surface area contributed by atoms with Crippen molar-refractivity contribution in [1.82, 2.24) is 15.0 Å². The number of aromatic nitrogens is 3. The molecule has 1 saturated heterocycles. The van der Waals surface area contributed by atoms with Crippen molar-refractivity contribution in [3.8, 4) is 11.3 Å². The van der Waals surface area contributed by atoms with E-state index in [0.717, 1.165) is 6.20 Å². The van der Waals surface area contributed by atoms with Gasteiger partial charge in [-0.05, 0) is 37.8 Å². The number of amides is 1. The van der Waals surface area contributed by atoms with Crippen LogP contribution in [-0.2, 0) is 9.53 Å². The number of carboxylic acids is 1. The third kappa shape index (κ3) is 4.10. The summed E-state index contributed by atoms with van der Waals surface area (Å²) in [6, 6.07) is 3.23. The molecule has 3 heterocycles. The molecule has 1 aliphatic carbocycles. The van der Waals surface area contributed by atoms with Crippen LogP contribution in [0.3, 0.4) is 0 Å². The third-order valence-corrected chi connectivity index (χ3v) is 5.21. The summed E-state index contributed by atoms with van der Waals surface area (Å²) in [5, 5.41) is 12.3. The number of rotatable bonds is 5. The van der Waals surface area contributed by atoms with Gasteiger partial charge < -0.3 is 15.2 Å². The summed E-state index contributed by atoms with van der Waals surface area (Å²) in [5.41, 5.74) is 0.560. The van der Waals surface area contributed by atoms with E-state index in [9.17, 15) is 14.0 Å². The SMILES string of the molecule is O=C(O)C1CCC(Nc2ncc(F)c(-c3ccnc(N4CCOC4=O)c3)n2)CC1. The molecule has 0 radical (unpaired) electrons. The van der Waals surface area contributed by atoms with E-state index >= 15 is 0 Å². The third-order valence-electron chi connectivity index (χ3n) is 5.21. The molecule has 4 rings (SSSR count). The van der Waals surface area contributed by atoms with Crippen molar-refractivity contribution in [2.24, 2.45) is 5.92 Å². The minimum absolute atomic E-state index is 0.0382. The number of carbonyl (C=O) groups excluding carboxylic acids is 1. The fourth-order valence-corrected chi connectivity index (χ4v) is 3.62. The Balaban J connectivity index is 1.52. The second-order valence-corrected chi connectivity index (χ2v) is 7.09. The predicted octanol–water partition coefficient (Wildman–Crippen LogP) is 2.69. The van der Waals surface area contributed by atoms with Crippen molar-refractivity contribution >= 4 is 23.8 Å². The van der Waals surface area contributed by atoms with E-state index in [0.29, 0.717) is 43.6 Å². The predicted molar refractivity (Wildman–Crippen MR) is 101 cm³/mol. The number of halogens is 1. The Morgan fingerprint density at radius 2 is 2.07 bits per heavy atom. The normalized spacial score (nSPS) is 21.7. The number of hydrogen-bond donors (Lipinski definition) is 2. The van der Waals surface area contributed by atoms with Crippen molar-refractivity contribution in [1.29, 1.82) is 0 Å². The molecule has 0 unspecified atom stereocenters. The molecule has 2 N–H and O–H groups in total. The quantitative estimate of drug-likeness (QED) is 0.785. The lowest BCUT2D eigenvalue weighted by Crippen LogP contribution is -2.30. The monoisotopic (exact) mass is 401 g/mol. The highest BCUT2D eigenvalue weighted by atomic mass is 19.1. The van der Waals surface area contributed by atoms with Crippen molar-refractivity contribution in [3.63, 3.8) is 0 Å². The maximum absolute atomic E-state index is 14.4. The zero-order chi connectivity index (χ0) is 20.4. The van der Waals surface area contributed by atoms with Gasteiger partial charge in [0.05, 0.1) is 18.7 Å². The average Bonchev–Trinajstić information content (AvgIpc) is 3.16.